The van der Waals surface area contributed by atoms with E-state index in [0.717, 1.165) is 24.5 Å². The van der Waals surface area contributed by atoms with Gasteiger partial charge in [-0.15, -0.1) is 0 Å². The smallest absolute Gasteiger partial charge is 0.173 e. The average Bonchev–Trinajstić information content (AvgIpc) is 2.38. The number of rotatable bonds is 4. The van der Waals surface area contributed by atoms with Crippen LogP contribution in [0.3, 0.4) is 0 Å². The molecule has 2 rings (SSSR count). The Balaban J connectivity index is 1.78. The van der Waals surface area contributed by atoms with E-state index in [9.17, 15) is 4.79 Å². The van der Waals surface area contributed by atoms with E-state index < -0.39 is 0 Å². The van der Waals surface area contributed by atoms with Crippen LogP contribution < -0.4 is 4.74 Å². The molecule has 1 aromatic carbocycles. The number of benzene rings is 1. The fraction of sp³-hybridized carbons (Fsp3) is 0.533. The van der Waals surface area contributed by atoms with Crippen molar-refractivity contribution in [1.29, 1.82) is 0 Å². The molecule has 0 aromatic heterocycles. The summed E-state index contributed by atoms with van der Waals surface area (Å²) in [6.07, 6.45) is 4.44. The first kappa shape index (κ1) is 12.2. The highest BCUT2D eigenvalue weighted by molar-refractivity contribution is 5.82. The lowest BCUT2D eigenvalue weighted by molar-refractivity contribution is -0.126. The van der Waals surface area contributed by atoms with E-state index >= 15 is 0 Å². The Labute approximate surface area is 103 Å². The Bertz CT molecular complexity index is 350. The van der Waals surface area contributed by atoms with Gasteiger partial charge in [0.25, 0.3) is 0 Å². The molecular weight excluding hydrogens is 212 g/mol. The van der Waals surface area contributed by atoms with Crippen molar-refractivity contribution in [2.45, 2.75) is 32.6 Å². The van der Waals surface area contributed by atoms with Crippen LogP contribution >= 0.6 is 0 Å². The van der Waals surface area contributed by atoms with Crippen LogP contribution in [0.4, 0.5) is 0 Å². The first-order valence-corrected chi connectivity index (χ1v) is 6.46. The Morgan fingerprint density at radius 3 is 2.47 bits per heavy atom. The number of hydrogen-bond acceptors (Lipinski definition) is 2. The third-order valence-electron chi connectivity index (χ3n) is 3.60. The van der Waals surface area contributed by atoms with Gasteiger partial charge in [-0.3, -0.25) is 4.79 Å². The molecule has 0 atom stereocenters. The van der Waals surface area contributed by atoms with Crippen LogP contribution in [0.15, 0.2) is 30.3 Å². The standard InChI is InChI=1S/C15H20O2/c1-12-7-9-13(10-8-12)15(16)11-17-14-5-3-2-4-6-14/h2-6,12-13H,7-11H2,1H3. The normalized spacial score (nSPS) is 24.3. The zero-order chi connectivity index (χ0) is 12.1. The molecule has 0 spiro atoms. The number of ether oxygens (including phenoxy) is 1. The number of carbonyl (C=O) groups excluding carboxylic acids is 1. The topological polar surface area (TPSA) is 26.3 Å². The number of hydrogen-bond donors (Lipinski definition) is 0. The van der Waals surface area contributed by atoms with Gasteiger partial charge in [-0.2, -0.15) is 0 Å². The quantitative estimate of drug-likeness (QED) is 0.794. The molecule has 0 N–H and O–H groups in total. The first-order valence-electron chi connectivity index (χ1n) is 6.46. The summed E-state index contributed by atoms with van der Waals surface area (Å²) in [7, 11) is 0. The zero-order valence-corrected chi connectivity index (χ0v) is 10.4. The molecule has 2 nitrogen and oxygen atoms in total. The maximum atomic E-state index is 12.0. The maximum Gasteiger partial charge on any atom is 0.173 e. The Morgan fingerprint density at radius 2 is 1.82 bits per heavy atom. The van der Waals surface area contributed by atoms with Gasteiger partial charge in [0.1, 0.15) is 12.4 Å². The third kappa shape index (κ3) is 3.58. The molecule has 0 unspecified atom stereocenters. The van der Waals surface area contributed by atoms with E-state index in [1.165, 1.54) is 12.8 Å². The van der Waals surface area contributed by atoms with E-state index in [-0.39, 0.29) is 18.3 Å². The molecule has 2 heteroatoms. The number of para-hydroxylation sites is 1. The molecule has 0 saturated heterocycles. The Hall–Kier alpha value is -1.31. The van der Waals surface area contributed by atoms with E-state index in [2.05, 4.69) is 6.92 Å². The highest BCUT2D eigenvalue weighted by Gasteiger charge is 2.24. The minimum Gasteiger partial charge on any atom is -0.486 e. The summed E-state index contributed by atoms with van der Waals surface area (Å²) in [6, 6.07) is 9.55. The number of Topliss-reactive ketones (excluding diaryl/α,β-unsaturated/α-hetero) is 1. The Kier molecular flexibility index (Phi) is 4.18. The molecule has 17 heavy (non-hydrogen) atoms. The number of ketones is 1. The van der Waals surface area contributed by atoms with Gasteiger partial charge in [0.05, 0.1) is 0 Å². The van der Waals surface area contributed by atoms with Crippen molar-refractivity contribution in [1.82, 2.24) is 0 Å². The summed E-state index contributed by atoms with van der Waals surface area (Å²) < 4.78 is 5.50. The molecule has 0 bridgehead atoms. The lowest BCUT2D eigenvalue weighted by Gasteiger charge is -2.24. The van der Waals surface area contributed by atoms with Crippen molar-refractivity contribution in [3.05, 3.63) is 30.3 Å². The monoisotopic (exact) mass is 232 g/mol. The lowest BCUT2D eigenvalue weighted by atomic mass is 9.81. The van der Waals surface area contributed by atoms with Gasteiger partial charge in [-0.25, -0.2) is 0 Å². The average molecular weight is 232 g/mol. The van der Waals surface area contributed by atoms with Crippen molar-refractivity contribution in [3.8, 4) is 5.75 Å². The van der Waals surface area contributed by atoms with E-state index in [1.807, 2.05) is 30.3 Å². The summed E-state index contributed by atoms with van der Waals surface area (Å²) in [5.41, 5.74) is 0. The van der Waals surface area contributed by atoms with Crippen LogP contribution in [0, 0.1) is 11.8 Å². The minimum atomic E-state index is 0.225. The van der Waals surface area contributed by atoms with Crippen LogP contribution in [-0.4, -0.2) is 12.4 Å². The van der Waals surface area contributed by atoms with Gasteiger partial charge in [0, 0.05) is 5.92 Å². The van der Waals surface area contributed by atoms with Crippen molar-refractivity contribution >= 4 is 5.78 Å². The highest BCUT2D eigenvalue weighted by atomic mass is 16.5. The van der Waals surface area contributed by atoms with Crippen molar-refractivity contribution < 1.29 is 9.53 Å². The van der Waals surface area contributed by atoms with E-state index in [1.54, 1.807) is 0 Å². The van der Waals surface area contributed by atoms with Crippen LogP contribution in [0.2, 0.25) is 0 Å². The molecule has 0 amide bonds. The molecule has 1 aromatic rings. The molecular formula is C15H20O2. The molecule has 0 aliphatic heterocycles. The van der Waals surface area contributed by atoms with Crippen LogP contribution in [0.1, 0.15) is 32.6 Å². The fourth-order valence-corrected chi connectivity index (χ4v) is 2.37. The van der Waals surface area contributed by atoms with Gasteiger partial charge in [-0.1, -0.05) is 38.0 Å². The second-order valence-corrected chi connectivity index (χ2v) is 5.02. The predicted octanol–water partition coefficient (Wildman–Crippen LogP) is 3.46. The molecule has 92 valence electrons. The third-order valence-corrected chi connectivity index (χ3v) is 3.60. The summed E-state index contributed by atoms with van der Waals surface area (Å²) >= 11 is 0. The Morgan fingerprint density at radius 1 is 1.18 bits per heavy atom. The van der Waals surface area contributed by atoms with Gasteiger partial charge < -0.3 is 4.74 Å². The molecule has 1 fully saturated rings. The fourth-order valence-electron chi connectivity index (χ4n) is 2.37. The molecule has 1 saturated carbocycles. The van der Waals surface area contributed by atoms with Crippen molar-refractivity contribution in [3.63, 3.8) is 0 Å². The summed E-state index contributed by atoms with van der Waals surface area (Å²) in [5.74, 6) is 2.06. The lowest BCUT2D eigenvalue weighted by Crippen LogP contribution is -2.25. The molecule has 0 heterocycles. The van der Waals surface area contributed by atoms with E-state index in [4.69, 9.17) is 4.74 Å². The largest absolute Gasteiger partial charge is 0.486 e. The molecule has 1 aliphatic rings. The molecule has 1 aliphatic carbocycles. The maximum absolute atomic E-state index is 12.0. The van der Waals surface area contributed by atoms with Gasteiger partial charge in [0.2, 0.25) is 0 Å². The van der Waals surface area contributed by atoms with E-state index in [0.29, 0.717) is 0 Å². The van der Waals surface area contributed by atoms with Gasteiger partial charge >= 0.3 is 0 Å². The second kappa shape index (κ2) is 5.85. The zero-order valence-electron chi connectivity index (χ0n) is 10.4. The van der Waals surface area contributed by atoms with Crippen molar-refractivity contribution in [2.24, 2.45) is 11.8 Å². The first-order chi connectivity index (χ1) is 8.25. The van der Waals surface area contributed by atoms with Crippen LogP contribution in [0.5, 0.6) is 5.75 Å². The highest BCUT2D eigenvalue weighted by Crippen LogP contribution is 2.28. The summed E-state index contributed by atoms with van der Waals surface area (Å²) in [6.45, 7) is 2.49. The van der Waals surface area contributed by atoms with Crippen molar-refractivity contribution in [2.75, 3.05) is 6.61 Å². The minimum absolute atomic E-state index is 0.225. The SMILES string of the molecule is CC1CCC(C(=O)COc2ccccc2)CC1. The molecule has 0 radical (unpaired) electrons. The summed E-state index contributed by atoms with van der Waals surface area (Å²) in [4.78, 5) is 12.0. The van der Waals surface area contributed by atoms with Gasteiger partial charge in [0.15, 0.2) is 5.78 Å². The summed E-state index contributed by atoms with van der Waals surface area (Å²) in [5, 5.41) is 0. The predicted molar refractivity (Wildman–Crippen MR) is 68.1 cm³/mol. The second-order valence-electron chi connectivity index (χ2n) is 5.02. The van der Waals surface area contributed by atoms with Crippen LogP contribution in [0.25, 0.3) is 0 Å². The number of carbonyl (C=O) groups is 1. The van der Waals surface area contributed by atoms with Crippen LogP contribution in [-0.2, 0) is 4.79 Å². The van der Waals surface area contributed by atoms with Gasteiger partial charge in [-0.05, 0) is 30.9 Å².